The molecule has 0 N–H and O–H groups in total. The lowest BCUT2D eigenvalue weighted by molar-refractivity contribution is -0.199. The minimum Gasteiger partial charge on any atom is -0.488 e. The van der Waals surface area contributed by atoms with Gasteiger partial charge in [0.15, 0.2) is 18.3 Å². The highest BCUT2D eigenvalue weighted by Gasteiger charge is 2.47. The molecule has 3 rings (SSSR count). The van der Waals surface area contributed by atoms with Crippen LogP contribution in [0.1, 0.15) is 62.5 Å². The summed E-state index contributed by atoms with van der Waals surface area (Å²) in [6.45, 7) is 5.73. The second-order valence-electron chi connectivity index (χ2n) is 10.7. The molecule has 1 aliphatic heterocycles. The van der Waals surface area contributed by atoms with Crippen LogP contribution in [0, 0.1) is 0 Å². The van der Waals surface area contributed by atoms with Crippen molar-refractivity contribution in [3.8, 4) is 5.75 Å². The van der Waals surface area contributed by atoms with Crippen molar-refractivity contribution in [3.05, 3.63) is 64.2 Å². The Labute approximate surface area is 276 Å². The van der Waals surface area contributed by atoms with Gasteiger partial charge in [-0.3, -0.25) is 28.8 Å². The van der Waals surface area contributed by atoms with Crippen LogP contribution in [-0.4, -0.2) is 86.0 Å². The van der Waals surface area contributed by atoms with Crippen LogP contribution < -0.4 is 4.74 Å². The largest absolute Gasteiger partial charge is 0.488 e. The molecule has 14 heteroatoms. The van der Waals surface area contributed by atoms with Crippen molar-refractivity contribution in [3.63, 3.8) is 0 Å². The van der Waals surface area contributed by atoms with Crippen LogP contribution in [0.4, 0.5) is 0 Å². The molecule has 0 aliphatic carbocycles. The molecule has 0 aromatic heterocycles. The third-order valence-corrected chi connectivity index (χ3v) is 7.12. The van der Waals surface area contributed by atoms with Gasteiger partial charge in [0.05, 0.1) is 13.2 Å². The number of hydrogen-bond acceptors (Lipinski definition) is 13. The summed E-state index contributed by atoms with van der Waals surface area (Å²) in [4.78, 5) is 74.3. The Morgan fingerprint density at radius 1 is 0.787 bits per heavy atom. The minimum atomic E-state index is -1.90. The highest BCUT2D eigenvalue weighted by atomic mass is 35.5. The van der Waals surface area contributed by atoms with Crippen LogP contribution in [0.25, 0.3) is 0 Å². The highest BCUT2D eigenvalue weighted by Crippen LogP contribution is 2.27. The van der Waals surface area contributed by atoms with Gasteiger partial charge in [-0.05, 0) is 47.9 Å². The fourth-order valence-corrected chi connectivity index (χ4v) is 5.01. The molecule has 1 heterocycles. The second kappa shape index (κ2) is 17.4. The Bertz CT molecular complexity index is 1450. The zero-order chi connectivity index (χ0) is 34.7. The number of Topliss-reactive ketones (excluding diaryl/α,β-unsaturated/α-hetero) is 1. The number of benzene rings is 2. The molecule has 1 saturated heterocycles. The maximum atomic E-state index is 14.1. The molecule has 0 radical (unpaired) electrons. The van der Waals surface area contributed by atoms with E-state index in [9.17, 15) is 28.8 Å². The van der Waals surface area contributed by atoms with Gasteiger partial charge in [-0.1, -0.05) is 23.7 Å². The van der Waals surface area contributed by atoms with Crippen molar-refractivity contribution in [1.29, 1.82) is 0 Å². The van der Waals surface area contributed by atoms with E-state index in [-0.39, 0.29) is 11.7 Å². The molecular formula is C33H37ClO13. The van der Waals surface area contributed by atoms with Crippen molar-refractivity contribution in [1.82, 2.24) is 0 Å². The predicted octanol–water partition coefficient (Wildman–Crippen LogP) is 3.57. The van der Waals surface area contributed by atoms with Gasteiger partial charge in [-0.2, -0.15) is 0 Å². The SMILES string of the molecule is CC(=O)OC[C@@H](OC(C)=O)[C@@H](OC(C)=O)[C@H](OC(C)=O)[C@@H](OC(C)=O)C(=O)c1ccc(Cl)c(Cc2ccc(O[C@H]3CCOC3)cc2)c1. The summed E-state index contributed by atoms with van der Waals surface area (Å²) >= 11 is 6.50. The third-order valence-electron chi connectivity index (χ3n) is 6.75. The summed E-state index contributed by atoms with van der Waals surface area (Å²) in [7, 11) is 0. The van der Waals surface area contributed by atoms with Crippen LogP contribution >= 0.6 is 11.6 Å². The number of ether oxygens (including phenoxy) is 7. The van der Waals surface area contributed by atoms with Crippen molar-refractivity contribution in [2.24, 2.45) is 0 Å². The number of ketones is 1. The third kappa shape index (κ3) is 11.7. The number of hydrogen-bond donors (Lipinski definition) is 0. The van der Waals surface area contributed by atoms with Crippen LogP contribution in [0.5, 0.6) is 5.75 Å². The molecule has 13 nitrogen and oxygen atoms in total. The normalized spacial score (nSPS) is 16.5. The van der Waals surface area contributed by atoms with Crippen molar-refractivity contribution in [2.75, 3.05) is 19.8 Å². The maximum Gasteiger partial charge on any atom is 0.303 e. The molecule has 2 aromatic rings. The van der Waals surface area contributed by atoms with E-state index in [0.717, 1.165) is 46.6 Å². The second-order valence-corrected chi connectivity index (χ2v) is 11.1. The van der Waals surface area contributed by atoms with E-state index < -0.39 is 66.7 Å². The Morgan fingerprint density at radius 2 is 1.40 bits per heavy atom. The van der Waals surface area contributed by atoms with E-state index in [1.54, 1.807) is 0 Å². The van der Waals surface area contributed by atoms with Crippen LogP contribution in [0.3, 0.4) is 0 Å². The lowest BCUT2D eigenvalue weighted by Crippen LogP contribution is -2.55. The smallest absolute Gasteiger partial charge is 0.303 e. The van der Waals surface area contributed by atoms with E-state index in [1.165, 1.54) is 18.2 Å². The molecule has 0 spiro atoms. The van der Waals surface area contributed by atoms with Crippen molar-refractivity contribution >= 4 is 47.2 Å². The predicted molar refractivity (Wildman–Crippen MR) is 164 cm³/mol. The molecule has 1 fully saturated rings. The van der Waals surface area contributed by atoms with E-state index in [4.69, 9.17) is 44.8 Å². The van der Waals surface area contributed by atoms with Gasteiger partial charge >= 0.3 is 29.8 Å². The Balaban J connectivity index is 1.98. The summed E-state index contributed by atoms with van der Waals surface area (Å²) in [5, 5.41) is 0.347. The molecule has 0 bridgehead atoms. The zero-order valence-electron chi connectivity index (χ0n) is 26.6. The molecule has 2 aromatic carbocycles. The first kappa shape index (κ1) is 37.0. The average Bonchev–Trinajstić information content (AvgIpc) is 3.50. The average molecular weight is 677 g/mol. The van der Waals surface area contributed by atoms with Gasteiger partial charge in [0.1, 0.15) is 18.5 Å². The summed E-state index contributed by atoms with van der Waals surface area (Å²) in [5.41, 5.74) is 1.41. The quantitative estimate of drug-likeness (QED) is 0.153. The molecular weight excluding hydrogens is 640 g/mol. The van der Waals surface area contributed by atoms with Crippen molar-refractivity contribution in [2.45, 2.75) is 78.0 Å². The number of carbonyl (C=O) groups is 6. The van der Waals surface area contributed by atoms with Crippen LogP contribution in [0.2, 0.25) is 5.02 Å². The molecule has 1 aliphatic rings. The molecule has 47 heavy (non-hydrogen) atoms. The Kier molecular flexibility index (Phi) is 13.7. The first-order valence-corrected chi connectivity index (χ1v) is 15.1. The summed E-state index contributed by atoms with van der Waals surface area (Å²) in [6, 6.07) is 11.7. The minimum absolute atomic E-state index is 0.00891. The van der Waals surface area contributed by atoms with Crippen molar-refractivity contribution < 1.29 is 61.9 Å². The van der Waals surface area contributed by atoms with E-state index in [1.807, 2.05) is 24.3 Å². The molecule has 0 unspecified atom stereocenters. The van der Waals surface area contributed by atoms with Gasteiger partial charge in [-0.25, -0.2) is 0 Å². The number of esters is 5. The standard InChI is InChI=1S/C33H37ClO13/c1-18(35)42-17-29(43-19(2)36)31(44-20(3)37)33(46-22(5)39)32(45-21(4)38)30(40)24-8-11-28(34)25(15-24)14-23-6-9-26(10-7-23)47-27-12-13-41-16-27/h6-11,15,27,29,31-33H,12-14,16-17H2,1-5H3/t27-,29+,31+,32-,33-/m0/s1. The van der Waals surface area contributed by atoms with Crippen LogP contribution in [-0.2, 0) is 58.8 Å². The molecule has 254 valence electrons. The summed E-state index contributed by atoms with van der Waals surface area (Å²) in [6.07, 6.45) is -5.95. The van der Waals surface area contributed by atoms with Gasteiger partial charge in [0.25, 0.3) is 0 Å². The number of halogens is 1. The van der Waals surface area contributed by atoms with Gasteiger partial charge in [0, 0.05) is 51.6 Å². The lowest BCUT2D eigenvalue weighted by Gasteiger charge is -2.34. The van der Waals surface area contributed by atoms with Crippen LogP contribution in [0.15, 0.2) is 42.5 Å². The zero-order valence-corrected chi connectivity index (χ0v) is 27.4. The van der Waals surface area contributed by atoms with E-state index in [2.05, 4.69) is 0 Å². The summed E-state index contributed by atoms with van der Waals surface area (Å²) < 4.78 is 37.6. The Morgan fingerprint density at radius 3 is 1.96 bits per heavy atom. The van der Waals surface area contributed by atoms with Gasteiger partial charge in [-0.15, -0.1) is 0 Å². The molecule has 0 amide bonds. The van der Waals surface area contributed by atoms with E-state index in [0.29, 0.717) is 36.0 Å². The first-order chi connectivity index (χ1) is 22.2. The summed E-state index contributed by atoms with van der Waals surface area (Å²) in [5.74, 6) is -4.61. The maximum absolute atomic E-state index is 14.1. The molecule has 5 atom stereocenters. The molecule has 0 saturated carbocycles. The van der Waals surface area contributed by atoms with E-state index >= 15 is 0 Å². The lowest BCUT2D eigenvalue weighted by atomic mass is 9.93. The van der Waals surface area contributed by atoms with Gasteiger partial charge < -0.3 is 33.2 Å². The Hall–Kier alpha value is -4.49. The fourth-order valence-electron chi connectivity index (χ4n) is 4.83. The number of carbonyl (C=O) groups excluding carboxylic acids is 6. The monoisotopic (exact) mass is 676 g/mol. The first-order valence-electron chi connectivity index (χ1n) is 14.7. The fraction of sp³-hybridized carbons (Fsp3) is 0.455. The topological polar surface area (TPSA) is 167 Å². The van der Waals surface area contributed by atoms with Gasteiger partial charge in [0.2, 0.25) is 11.9 Å². The highest BCUT2D eigenvalue weighted by molar-refractivity contribution is 6.31. The number of rotatable bonds is 15.